The SMILES string of the molecule is COC(=O)c1cc(S(=O)(=O)C(C)CCCl)ccn1. The predicted octanol–water partition coefficient (Wildman–Crippen LogP) is 1.66. The van der Waals surface area contributed by atoms with Gasteiger partial charge >= 0.3 is 5.97 Å². The van der Waals surface area contributed by atoms with Crippen molar-refractivity contribution in [1.82, 2.24) is 4.98 Å². The van der Waals surface area contributed by atoms with Crippen LogP contribution in [0.2, 0.25) is 0 Å². The molecule has 0 N–H and O–H groups in total. The Balaban J connectivity index is 3.14. The maximum absolute atomic E-state index is 12.1. The highest BCUT2D eigenvalue weighted by Crippen LogP contribution is 2.19. The molecule has 0 radical (unpaired) electrons. The molecule has 0 saturated carbocycles. The number of hydrogen-bond acceptors (Lipinski definition) is 5. The van der Waals surface area contributed by atoms with Crippen molar-refractivity contribution < 1.29 is 17.9 Å². The van der Waals surface area contributed by atoms with Crippen molar-refractivity contribution in [3.63, 3.8) is 0 Å². The van der Waals surface area contributed by atoms with Gasteiger partial charge in [0.05, 0.1) is 17.3 Å². The third-order valence-electron chi connectivity index (χ3n) is 2.50. The number of alkyl halides is 1. The Labute approximate surface area is 111 Å². The molecule has 1 aromatic rings. The maximum atomic E-state index is 12.1. The molecule has 1 heterocycles. The Morgan fingerprint density at radius 1 is 1.56 bits per heavy atom. The van der Waals surface area contributed by atoms with Gasteiger partial charge in [-0.2, -0.15) is 0 Å². The number of rotatable bonds is 5. The van der Waals surface area contributed by atoms with E-state index in [4.69, 9.17) is 11.6 Å². The summed E-state index contributed by atoms with van der Waals surface area (Å²) >= 11 is 5.54. The Bertz CT molecular complexity index is 530. The van der Waals surface area contributed by atoms with Crippen molar-refractivity contribution in [1.29, 1.82) is 0 Å². The summed E-state index contributed by atoms with van der Waals surface area (Å²) in [4.78, 5) is 15.1. The maximum Gasteiger partial charge on any atom is 0.356 e. The van der Waals surface area contributed by atoms with E-state index in [-0.39, 0.29) is 16.5 Å². The van der Waals surface area contributed by atoms with Crippen molar-refractivity contribution in [3.05, 3.63) is 24.0 Å². The fourth-order valence-electron chi connectivity index (χ4n) is 1.35. The van der Waals surface area contributed by atoms with Crippen LogP contribution in [0.1, 0.15) is 23.8 Å². The Morgan fingerprint density at radius 2 is 2.22 bits per heavy atom. The van der Waals surface area contributed by atoms with Gasteiger partial charge in [0.1, 0.15) is 5.69 Å². The first kappa shape index (κ1) is 14.9. The molecular weight excluding hydrogens is 278 g/mol. The topological polar surface area (TPSA) is 73.3 Å². The average Bonchev–Trinajstić information content (AvgIpc) is 2.38. The van der Waals surface area contributed by atoms with Gasteiger partial charge in [-0.1, -0.05) is 0 Å². The largest absolute Gasteiger partial charge is 0.464 e. The molecule has 0 aliphatic rings. The van der Waals surface area contributed by atoms with Crippen LogP contribution in [0.25, 0.3) is 0 Å². The molecule has 0 bridgehead atoms. The lowest BCUT2D eigenvalue weighted by Crippen LogP contribution is -2.19. The molecule has 1 rings (SSSR count). The van der Waals surface area contributed by atoms with Crippen LogP contribution < -0.4 is 0 Å². The Morgan fingerprint density at radius 3 is 2.78 bits per heavy atom. The summed E-state index contributed by atoms with van der Waals surface area (Å²) in [6, 6.07) is 2.57. The first-order valence-corrected chi connectivity index (χ1v) is 7.35. The van der Waals surface area contributed by atoms with Gasteiger partial charge in [0.2, 0.25) is 0 Å². The van der Waals surface area contributed by atoms with Crippen molar-refractivity contribution in [3.8, 4) is 0 Å². The molecule has 0 aromatic carbocycles. The third-order valence-corrected chi connectivity index (χ3v) is 4.92. The van der Waals surface area contributed by atoms with Crippen molar-refractivity contribution in [2.24, 2.45) is 0 Å². The molecule has 18 heavy (non-hydrogen) atoms. The van der Waals surface area contributed by atoms with Gasteiger partial charge in [0, 0.05) is 12.1 Å². The fraction of sp³-hybridized carbons (Fsp3) is 0.455. The van der Waals surface area contributed by atoms with Gasteiger partial charge in [0.15, 0.2) is 9.84 Å². The Kier molecular flexibility index (Phi) is 5.10. The first-order chi connectivity index (χ1) is 8.43. The van der Waals surface area contributed by atoms with Crippen LogP contribution in [0.3, 0.4) is 0 Å². The minimum atomic E-state index is -3.50. The number of esters is 1. The number of hydrogen-bond donors (Lipinski definition) is 0. The average molecular weight is 292 g/mol. The van der Waals surface area contributed by atoms with Crippen molar-refractivity contribution in [2.45, 2.75) is 23.5 Å². The first-order valence-electron chi connectivity index (χ1n) is 5.27. The highest BCUT2D eigenvalue weighted by molar-refractivity contribution is 7.92. The van der Waals surface area contributed by atoms with Crippen LogP contribution in [0, 0.1) is 0 Å². The molecule has 5 nitrogen and oxygen atoms in total. The summed E-state index contributed by atoms with van der Waals surface area (Å²) in [7, 11) is -2.29. The fourth-order valence-corrected chi connectivity index (χ4v) is 3.22. The van der Waals surface area contributed by atoms with Gasteiger partial charge in [-0.05, 0) is 25.5 Å². The molecule has 0 aliphatic heterocycles. The molecule has 0 spiro atoms. The van der Waals surface area contributed by atoms with Crippen LogP contribution >= 0.6 is 11.6 Å². The minimum absolute atomic E-state index is 0.0309. The van der Waals surface area contributed by atoms with Crippen LogP contribution in [0.5, 0.6) is 0 Å². The second-order valence-electron chi connectivity index (χ2n) is 3.70. The summed E-state index contributed by atoms with van der Waals surface area (Å²) in [5.41, 5.74) is -0.0309. The lowest BCUT2D eigenvalue weighted by atomic mass is 10.3. The lowest BCUT2D eigenvalue weighted by Gasteiger charge is -2.11. The summed E-state index contributed by atoms with van der Waals surface area (Å²) in [5.74, 6) is -0.410. The molecule has 0 fully saturated rings. The number of methoxy groups -OCH3 is 1. The van der Waals surface area contributed by atoms with E-state index in [0.717, 1.165) is 0 Å². The second-order valence-corrected chi connectivity index (χ2v) is 6.45. The monoisotopic (exact) mass is 291 g/mol. The summed E-state index contributed by atoms with van der Waals surface area (Å²) in [6.07, 6.45) is 1.62. The van der Waals surface area contributed by atoms with Gasteiger partial charge in [-0.25, -0.2) is 18.2 Å². The van der Waals surface area contributed by atoms with E-state index in [0.29, 0.717) is 6.42 Å². The number of pyridine rings is 1. The van der Waals surface area contributed by atoms with Gasteiger partial charge < -0.3 is 4.74 Å². The number of halogens is 1. The van der Waals surface area contributed by atoms with E-state index in [1.54, 1.807) is 6.92 Å². The smallest absolute Gasteiger partial charge is 0.356 e. The van der Waals surface area contributed by atoms with Crippen LogP contribution in [-0.4, -0.2) is 37.6 Å². The highest BCUT2D eigenvalue weighted by Gasteiger charge is 2.24. The number of nitrogens with zero attached hydrogens (tertiary/aromatic N) is 1. The van der Waals surface area contributed by atoms with Gasteiger partial charge in [0.25, 0.3) is 0 Å². The quantitative estimate of drug-likeness (QED) is 0.609. The Hall–Kier alpha value is -1.14. The zero-order valence-corrected chi connectivity index (χ0v) is 11.7. The van der Waals surface area contributed by atoms with Crippen LogP contribution in [0.15, 0.2) is 23.2 Å². The summed E-state index contributed by atoms with van der Waals surface area (Å²) in [6.45, 7) is 1.58. The normalized spacial score (nSPS) is 13.1. The van der Waals surface area contributed by atoms with Gasteiger partial charge in [-0.3, -0.25) is 0 Å². The summed E-state index contributed by atoms with van der Waals surface area (Å²) < 4.78 is 28.8. The molecule has 0 amide bonds. The van der Waals surface area contributed by atoms with E-state index in [2.05, 4.69) is 9.72 Å². The van der Waals surface area contributed by atoms with E-state index in [9.17, 15) is 13.2 Å². The molecular formula is C11H14ClNO4S. The van der Waals surface area contributed by atoms with Crippen molar-refractivity contribution in [2.75, 3.05) is 13.0 Å². The summed E-state index contributed by atoms with van der Waals surface area (Å²) in [5, 5.41) is -0.608. The van der Waals surface area contributed by atoms with Gasteiger partial charge in [-0.15, -0.1) is 11.6 Å². The second kappa shape index (κ2) is 6.15. The molecule has 1 atom stereocenters. The van der Waals surface area contributed by atoms with Crippen LogP contribution in [0.4, 0.5) is 0 Å². The predicted molar refractivity (Wildman–Crippen MR) is 67.6 cm³/mol. The molecule has 1 aromatic heterocycles. The molecule has 0 saturated heterocycles. The minimum Gasteiger partial charge on any atom is -0.464 e. The number of aromatic nitrogens is 1. The molecule has 0 aliphatic carbocycles. The van der Waals surface area contributed by atoms with E-state index < -0.39 is 21.1 Å². The number of carbonyl (C=O) groups is 1. The standard InChI is InChI=1S/C11H14ClNO4S/c1-8(3-5-12)18(15,16)9-4-6-13-10(7-9)11(14)17-2/h4,6-8H,3,5H2,1-2H3. The van der Waals surface area contributed by atoms with E-state index >= 15 is 0 Å². The van der Waals surface area contributed by atoms with Crippen LogP contribution in [-0.2, 0) is 14.6 Å². The van der Waals surface area contributed by atoms with E-state index in [1.807, 2.05) is 0 Å². The highest BCUT2D eigenvalue weighted by atomic mass is 35.5. The lowest BCUT2D eigenvalue weighted by molar-refractivity contribution is 0.0593. The molecule has 1 unspecified atom stereocenters. The number of sulfone groups is 1. The zero-order valence-electron chi connectivity index (χ0n) is 10.1. The number of carbonyl (C=O) groups excluding carboxylic acids is 1. The molecule has 100 valence electrons. The zero-order chi connectivity index (χ0) is 13.8. The third kappa shape index (κ3) is 3.20. The van der Waals surface area contributed by atoms with E-state index in [1.165, 1.54) is 25.4 Å². The number of ether oxygens (including phenoxy) is 1. The molecule has 7 heteroatoms. The van der Waals surface area contributed by atoms with Crippen molar-refractivity contribution >= 4 is 27.4 Å².